The van der Waals surface area contributed by atoms with E-state index in [1.165, 1.54) is 22.3 Å². The number of rotatable bonds is 4. The van der Waals surface area contributed by atoms with Crippen molar-refractivity contribution in [1.82, 2.24) is 4.90 Å². The molecule has 1 amide bonds. The number of amides is 1. The third-order valence-electron chi connectivity index (χ3n) is 5.05. The van der Waals surface area contributed by atoms with Crippen LogP contribution in [0.5, 0.6) is 0 Å². The number of benzene rings is 2. The summed E-state index contributed by atoms with van der Waals surface area (Å²) in [5.74, 6) is 0.594. The van der Waals surface area contributed by atoms with Crippen LogP contribution in [0.2, 0.25) is 0 Å². The topological polar surface area (TPSA) is 20.3 Å². The lowest BCUT2D eigenvalue weighted by Crippen LogP contribution is -2.25. The van der Waals surface area contributed by atoms with Crippen LogP contribution < -0.4 is 0 Å². The Morgan fingerprint density at radius 3 is 2.04 bits per heavy atom. The number of carbonyl (C=O) groups excluding carboxylic acids is 1. The third kappa shape index (κ3) is 3.47. The van der Waals surface area contributed by atoms with E-state index in [4.69, 9.17) is 0 Å². The van der Waals surface area contributed by atoms with Gasteiger partial charge in [-0.1, -0.05) is 48.5 Å². The van der Waals surface area contributed by atoms with Crippen LogP contribution in [0.3, 0.4) is 0 Å². The first-order chi connectivity index (χ1) is 11.2. The van der Waals surface area contributed by atoms with Crippen LogP contribution in [0.1, 0.15) is 47.9 Å². The minimum atomic E-state index is 0.145. The summed E-state index contributed by atoms with van der Waals surface area (Å²) in [6, 6.07) is 17.7. The summed E-state index contributed by atoms with van der Waals surface area (Å²) < 4.78 is 0. The molecule has 2 aromatic rings. The number of aryl methyl sites for hydroxylation is 2. The average Bonchev–Trinajstić information content (AvgIpc) is 2.72. The van der Waals surface area contributed by atoms with Crippen molar-refractivity contribution in [2.24, 2.45) is 0 Å². The van der Waals surface area contributed by atoms with Crippen LogP contribution in [0.15, 0.2) is 48.5 Å². The van der Waals surface area contributed by atoms with Gasteiger partial charge in [-0.05, 0) is 47.9 Å². The second kappa shape index (κ2) is 6.99. The first kappa shape index (κ1) is 15.8. The maximum Gasteiger partial charge on any atom is 0.219 e. The van der Waals surface area contributed by atoms with E-state index < -0.39 is 0 Å². The Balaban J connectivity index is 1.86. The Bertz CT molecular complexity index is 644. The highest BCUT2D eigenvalue weighted by molar-refractivity contribution is 5.72. The summed E-state index contributed by atoms with van der Waals surface area (Å²) in [6.45, 7) is 2.46. The van der Waals surface area contributed by atoms with Crippen LogP contribution in [-0.2, 0) is 17.6 Å². The number of fused-ring (bicyclic) bond motifs is 2. The van der Waals surface area contributed by atoms with Crippen molar-refractivity contribution in [1.29, 1.82) is 0 Å². The molecule has 0 saturated carbocycles. The minimum Gasteiger partial charge on any atom is -0.346 e. The maximum atomic E-state index is 11.4. The highest BCUT2D eigenvalue weighted by Gasteiger charge is 2.22. The normalized spacial score (nSPS) is 13.8. The van der Waals surface area contributed by atoms with E-state index in [0.717, 1.165) is 32.2 Å². The fourth-order valence-corrected chi connectivity index (χ4v) is 3.64. The summed E-state index contributed by atoms with van der Waals surface area (Å²) in [5.41, 5.74) is 5.91. The van der Waals surface area contributed by atoms with Gasteiger partial charge in [-0.25, -0.2) is 0 Å². The fourth-order valence-electron chi connectivity index (χ4n) is 3.64. The van der Waals surface area contributed by atoms with Gasteiger partial charge < -0.3 is 4.90 Å². The molecule has 1 aliphatic carbocycles. The van der Waals surface area contributed by atoms with Crippen LogP contribution in [0.4, 0.5) is 0 Å². The van der Waals surface area contributed by atoms with Crippen molar-refractivity contribution >= 4 is 5.91 Å². The number of hydrogen-bond donors (Lipinski definition) is 0. The molecule has 0 radical (unpaired) electrons. The molecule has 0 aliphatic heterocycles. The van der Waals surface area contributed by atoms with E-state index in [-0.39, 0.29) is 5.91 Å². The molecule has 23 heavy (non-hydrogen) atoms. The molecule has 3 rings (SSSR count). The molecule has 0 N–H and O–H groups in total. The van der Waals surface area contributed by atoms with Gasteiger partial charge in [-0.2, -0.15) is 0 Å². The molecule has 0 bridgehead atoms. The van der Waals surface area contributed by atoms with Gasteiger partial charge in [0.25, 0.3) is 0 Å². The highest BCUT2D eigenvalue weighted by Crippen LogP contribution is 2.37. The maximum absolute atomic E-state index is 11.4. The first-order valence-corrected chi connectivity index (χ1v) is 8.54. The van der Waals surface area contributed by atoms with E-state index >= 15 is 0 Å². The molecule has 0 saturated heterocycles. The monoisotopic (exact) mass is 307 g/mol. The van der Waals surface area contributed by atoms with Gasteiger partial charge in [0.05, 0.1) is 0 Å². The van der Waals surface area contributed by atoms with Gasteiger partial charge in [-0.3, -0.25) is 4.79 Å². The van der Waals surface area contributed by atoms with Gasteiger partial charge in [-0.15, -0.1) is 0 Å². The molecule has 1 aliphatic rings. The number of nitrogens with zero attached hydrogens (tertiary/aromatic N) is 1. The van der Waals surface area contributed by atoms with E-state index in [9.17, 15) is 4.79 Å². The third-order valence-corrected chi connectivity index (χ3v) is 5.05. The molecule has 2 heteroatoms. The Morgan fingerprint density at radius 2 is 1.52 bits per heavy atom. The second-order valence-electron chi connectivity index (χ2n) is 6.53. The summed E-state index contributed by atoms with van der Waals surface area (Å²) in [5, 5.41) is 0. The Labute approximate surface area is 139 Å². The zero-order chi connectivity index (χ0) is 16.2. The molecular weight excluding hydrogens is 282 g/mol. The zero-order valence-corrected chi connectivity index (χ0v) is 14.1. The van der Waals surface area contributed by atoms with E-state index in [1.54, 1.807) is 6.92 Å². The van der Waals surface area contributed by atoms with Crippen LogP contribution in [0, 0.1) is 0 Å². The average molecular weight is 307 g/mol. The summed E-state index contributed by atoms with van der Waals surface area (Å²) >= 11 is 0. The summed E-state index contributed by atoms with van der Waals surface area (Å²) in [7, 11) is 1.89. The van der Waals surface area contributed by atoms with Crippen LogP contribution in [-0.4, -0.2) is 24.4 Å². The highest BCUT2D eigenvalue weighted by atomic mass is 16.2. The Morgan fingerprint density at radius 1 is 1.00 bits per heavy atom. The van der Waals surface area contributed by atoms with Gasteiger partial charge in [0, 0.05) is 26.4 Å². The lowest BCUT2D eigenvalue weighted by molar-refractivity contribution is -0.127. The Hall–Kier alpha value is -2.09. The number of carbonyl (C=O) groups is 1. The van der Waals surface area contributed by atoms with Gasteiger partial charge in [0.2, 0.25) is 5.91 Å². The molecule has 0 fully saturated rings. The number of hydrogen-bond acceptors (Lipinski definition) is 1. The molecule has 2 aromatic carbocycles. The smallest absolute Gasteiger partial charge is 0.219 e. The van der Waals surface area contributed by atoms with E-state index in [2.05, 4.69) is 48.5 Å². The molecule has 2 nitrogen and oxygen atoms in total. The standard InChI is InChI=1S/C21H25NO/c1-16(23)22(2)15-7-12-21-19-10-5-3-8-17(19)13-14-18-9-4-6-11-20(18)21/h3-6,8-11,21H,7,12-15H2,1-2H3. The van der Waals surface area contributed by atoms with Gasteiger partial charge in [0.1, 0.15) is 0 Å². The first-order valence-electron chi connectivity index (χ1n) is 8.54. The molecule has 0 aromatic heterocycles. The summed E-state index contributed by atoms with van der Waals surface area (Å²) in [6.07, 6.45) is 4.36. The second-order valence-corrected chi connectivity index (χ2v) is 6.53. The van der Waals surface area contributed by atoms with Crippen molar-refractivity contribution in [2.75, 3.05) is 13.6 Å². The molecule has 0 spiro atoms. The molecule has 0 heterocycles. The van der Waals surface area contributed by atoms with Crippen molar-refractivity contribution in [3.05, 3.63) is 70.8 Å². The quantitative estimate of drug-likeness (QED) is 0.830. The van der Waals surface area contributed by atoms with Crippen molar-refractivity contribution in [3.8, 4) is 0 Å². The van der Waals surface area contributed by atoms with E-state index in [1.807, 2.05) is 11.9 Å². The molecular formula is C21H25NO. The van der Waals surface area contributed by atoms with E-state index in [0.29, 0.717) is 5.92 Å². The van der Waals surface area contributed by atoms with Gasteiger partial charge in [0.15, 0.2) is 0 Å². The van der Waals surface area contributed by atoms with Crippen molar-refractivity contribution < 1.29 is 4.79 Å². The van der Waals surface area contributed by atoms with Crippen molar-refractivity contribution in [2.45, 2.75) is 38.5 Å². The fraction of sp³-hybridized carbons (Fsp3) is 0.381. The largest absolute Gasteiger partial charge is 0.346 e. The Kier molecular flexibility index (Phi) is 4.80. The molecule has 120 valence electrons. The van der Waals surface area contributed by atoms with Crippen LogP contribution in [0.25, 0.3) is 0 Å². The minimum absolute atomic E-state index is 0.145. The van der Waals surface area contributed by atoms with Gasteiger partial charge >= 0.3 is 0 Å². The SMILES string of the molecule is CC(=O)N(C)CCCC1c2ccccc2CCc2ccccc21. The van der Waals surface area contributed by atoms with Crippen LogP contribution >= 0.6 is 0 Å². The molecule has 0 unspecified atom stereocenters. The lowest BCUT2D eigenvalue weighted by atomic mass is 9.85. The predicted octanol–water partition coefficient (Wildman–Crippen LogP) is 4.18. The summed E-state index contributed by atoms with van der Waals surface area (Å²) in [4.78, 5) is 13.2. The predicted molar refractivity (Wildman–Crippen MR) is 94.7 cm³/mol. The lowest BCUT2D eigenvalue weighted by Gasteiger charge is -2.22. The zero-order valence-electron chi connectivity index (χ0n) is 14.1. The van der Waals surface area contributed by atoms with Crippen molar-refractivity contribution in [3.63, 3.8) is 0 Å². The molecule has 0 atom stereocenters.